The van der Waals surface area contributed by atoms with Gasteiger partial charge >= 0.3 is 0 Å². The second kappa shape index (κ2) is 6.88. The molecule has 2 aromatic carbocycles. The summed E-state index contributed by atoms with van der Waals surface area (Å²) in [5.74, 6) is -0.235. The van der Waals surface area contributed by atoms with Crippen LogP contribution in [-0.2, 0) is 0 Å². The van der Waals surface area contributed by atoms with Crippen LogP contribution >= 0.6 is 0 Å². The average molecular weight is 287 g/mol. The van der Waals surface area contributed by atoms with Crippen molar-refractivity contribution in [3.63, 3.8) is 0 Å². The van der Waals surface area contributed by atoms with E-state index < -0.39 is 11.7 Å². The van der Waals surface area contributed by atoms with Gasteiger partial charge < -0.3 is 10.1 Å². The first-order valence-electron chi connectivity index (χ1n) is 6.90. The predicted molar refractivity (Wildman–Crippen MR) is 81.3 cm³/mol. The van der Waals surface area contributed by atoms with Crippen molar-refractivity contribution in [1.29, 1.82) is 0 Å². The van der Waals surface area contributed by atoms with Gasteiger partial charge in [0.15, 0.2) is 0 Å². The number of anilines is 1. The van der Waals surface area contributed by atoms with Crippen LogP contribution in [0.4, 0.5) is 10.1 Å². The lowest BCUT2D eigenvalue weighted by molar-refractivity contribution is 0.102. The van der Waals surface area contributed by atoms with Crippen molar-refractivity contribution in [2.45, 2.75) is 20.3 Å². The third-order valence-electron chi connectivity index (χ3n) is 2.95. The first kappa shape index (κ1) is 15.0. The molecule has 2 rings (SSSR count). The molecule has 3 nitrogen and oxygen atoms in total. The molecule has 0 aliphatic heterocycles. The van der Waals surface area contributed by atoms with E-state index in [2.05, 4.69) is 5.32 Å². The molecule has 0 aliphatic rings. The molecular weight excluding hydrogens is 269 g/mol. The molecule has 0 aromatic heterocycles. The van der Waals surface area contributed by atoms with Crippen molar-refractivity contribution in [2.24, 2.45) is 0 Å². The van der Waals surface area contributed by atoms with Crippen LogP contribution in [-0.4, -0.2) is 12.5 Å². The van der Waals surface area contributed by atoms with E-state index in [1.807, 2.05) is 6.92 Å². The molecule has 0 aliphatic carbocycles. The van der Waals surface area contributed by atoms with E-state index in [1.54, 1.807) is 37.3 Å². The van der Waals surface area contributed by atoms with Crippen molar-refractivity contribution in [2.75, 3.05) is 11.9 Å². The van der Waals surface area contributed by atoms with Gasteiger partial charge in [0.2, 0.25) is 0 Å². The number of nitrogens with one attached hydrogen (secondary N) is 1. The highest BCUT2D eigenvalue weighted by molar-refractivity contribution is 6.04. The SMILES string of the molecule is CCCOc1ccc(NC(=O)c2ccc(C)cc2F)cc1. The molecular formula is C17H18FNO2. The van der Waals surface area contributed by atoms with Gasteiger partial charge in [0.25, 0.3) is 5.91 Å². The van der Waals surface area contributed by atoms with Crippen LogP contribution in [0.25, 0.3) is 0 Å². The molecule has 0 unspecified atom stereocenters. The second-order valence-corrected chi connectivity index (χ2v) is 4.81. The Morgan fingerprint density at radius 2 is 1.90 bits per heavy atom. The van der Waals surface area contributed by atoms with Gasteiger partial charge in [0, 0.05) is 5.69 Å². The minimum Gasteiger partial charge on any atom is -0.494 e. The number of rotatable bonds is 5. The van der Waals surface area contributed by atoms with Crippen molar-refractivity contribution < 1.29 is 13.9 Å². The lowest BCUT2D eigenvalue weighted by atomic mass is 10.1. The summed E-state index contributed by atoms with van der Waals surface area (Å²) in [5, 5.41) is 2.67. The summed E-state index contributed by atoms with van der Waals surface area (Å²) >= 11 is 0. The molecule has 0 saturated carbocycles. The van der Waals surface area contributed by atoms with Crippen LogP contribution in [0.5, 0.6) is 5.75 Å². The molecule has 0 saturated heterocycles. The molecule has 1 N–H and O–H groups in total. The highest BCUT2D eigenvalue weighted by Crippen LogP contribution is 2.17. The minimum absolute atomic E-state index is 0.0342. The second-order valence-electron chi connectivity index (χ2n) is 4.81. The van der Waals surface area contributed by atoms with E-state index in [1.165, 1.54) is 12.1 Å². The highest BCUT2D eigenvalue weighted by atomic mass is 19.1. The monoisotopic (exact) mass is 287 g/mol. The van der Waals surface area contributed by atoms with E-state index in [-0.39, 0.29) is 5.56 Å². The Bertz CT molecular complexity index is 623. The Morgan fingerprint density at radius 1 is 1.19 bits per heavy atom. The zero-order chi connectivity index (χ0) is 15.2. The highest BCUT2D eigenvalue weighted by Gasteiger charge is 2.11. The number of hydrogen-bond acceptors (Lipinski definition) is 2. The Balaban J connectivity index is 2.05. The van der Waals surface area contributed by atoms with Gasteiger partial charge in [0.05, 0.1) is 12.2 Å². The van der Waals surface area contributed by atoms with Gasteiger partial charge in [-0.05, 0) is 55.3 Å². The van der Waals surface area contributed by atoms with Crippen LogP contribution in [0.15, 0.2) is 42.5 Å². The van der Waals surface area contributed by atoms with Gasteiger partial charge in [-0.1, -0.05) is 13.0 Å². The normalized spacial score (nSPS) is 10.2. The summed E-state index contributed by atoms with van der Waals surface area (Å²) < 4.78 is 19.2. The lowest BCUT2D eigenvalue weighted by Crippen LogP contribution is -2.13. The maximum atomic E-state index is 13.7. The van der Waals surface area contributed by atoms with Crippen molar-refractivity contribution in [3.05, 3.63) is 59.4 Å². The van der Waals surface area contributed by atoms with Gasteiger partial charge in [-0.15, -0.1) is 0 Å². The zero-order valence-electron chi connectivity index (χ0n) is 12.2. The summed E-state index contributed by atoms with van der Waals surface area (Å²) in [7, 11) is 0. The minimum atomic E-state index is -0.518. The Labute approximate surface area is 123 Å². The van der Waals surface area contributed by atoms with Crippen LogP contribution in [0.1, 0.15) is 29.3 Å². The van der Waals surface area contributed by atoms with Gasteiger partial charge in [-0.25, -0.2) is 4.39 Å². The number of amides is 1. The molecule has 2 aromatic rings. The fraction of sp³-hybridized carbons (Fsp3) is 0.235. The number of carbonyl (C=O) groups is 1. The van der Waals surface area contributed by atoms with Crippen LogP contribution < -0.4 is 10.1 Å². The predicted octanol–water partition coefficient (Wildman–Crippen LogP) is 4.18. The van der Waals surface area contributed by atoms with Crippen molar-refractivity contribution in [1.82, 2.24) is 0 Å². The number of ether oxygens (including phenoxy) is 1. The standard InChI is InChI=1S/C17H18FNO2/c1-3-10-21-14-7-5-13(6-8-14)19-17(20)15-9-4-12(2)11-16(15)18/h4-9,11H,3,10H2,1-2H3,(H,19,20). The van der Waals surface area contributed by atoms with Crippen molar-refractivity contribution >= 4 is 11.6 Å². The summed E-state index contributed by atoms with van der Waals surface area (Å²) in [4.78, 5) is 12.0. The van der Waals surface area contributed by atoms with Crippen molar-refractivity contribution in [3.8, 4) is 5.75 Å². The summed E-state index contributed by atoms with van der Waals surface area (Å²) in [6, 6.07) is 11.5. The number of halogens is 1. The van der Waals surface area contributed by atoms with E-state index in [0.717, 1.165) is 17.7 Å². The molecule has 0 heterocycles. The number of aryl methyl sites for hydroxylation is 1. The first-order valence-corrected chi connectivity index (χ1v) is 6.90. The molecule has 0 atom stereocenters. The summed E-state index contributed by atoms with van der Waals surface area (Å²) in [5.41, 5.74) is 1.41. The number of benzene rings is 2. The van der Waals surface area contributed by atoms with Gasteiger partial charge in [0.1, 0.15) is 11.6 Å². The van der Waals surface area contributed by atoms with E-state index >= 15 is 0 Å². The van der Waals surface area contributed by atoms with Crippen LogP contribution in [0, 0.1) is 12.7 Å². The summed E-state index contributed by atoms with van der Waals surface area (Å²) in [6.45, 7) is 4.46. The average Bonchev–Trinajstić information content (AvgIpc) is 2.46. The van der Waals surface area contributed by atoms with Gasteiger partial charge in [-0.3, -0.25) is 4.79 Å². The smallest absolute Gasteiger partial charge is 0.258 e. The Kier molecular flexibility index (Phi) is 4.93. The van der Waals surface area contributed by atoms with E-state index in [4.69, 9.17) is 4.74 Å². The summed E-state index contributed by atoms with van der Waals surface area (Å²) in [6.07, 6.45) is 0.936. The fourth-order valence-electron chi connectivity index (χ4n) is 1.86. The van der Waals surface area contributed by atoms with E-state index in [9.17, 15) is 9.18 Å². The number of carbonyl (C=O) groups excluding carboxylic acids is 1. The van der Waals surface area contributed by atoms with Crippen LogP contribution in [0.3, 0.4) is 0 Å². The third kappa shape index (κ3) is 4.05. The molecule has 4 heteroatoms. The van der Waals surface area contributed by atoms with Crippen LogP contribution in [0.2, 0.25) is 0 Å². The van der Waals surface area contributed by atoms with Gasteiger partial charge in [-0.2, -0.15) is 0 Å². The number of hydrogen-bond donors (Lipinski definition) is 1. The first-order chi connectivity index (χ1) is 10.1. The molecule has 0 radical (unpaired) electrons. The Hall–Kier alpha value is -2.36. The molecule has 0 spiro atoms. The Morgan fingerprint density at radius 3 is 2.52 bits per heavy atom. The molecule has 0 fully saturated rings. The topological polar surface area (TPSA) is 38.3 Å². The molecule has 0 bridgehead atoms. The molecule has 21 heavy (non-hydrogen) atoms. The lowest BCUT2D eigenvalue weighted by Gasteiger charge is -2.08. The maximum absolute atomic E-state index is 13.7. The zero-order valence-corrected chi connectivity index (χ0v) is 12.2. The molecule has 110 valence electrons. The quantitative estimate of drug-likeness (QED) is 0.896. The molecule has 1 amide bonds. The fourth-order valence-corrected chi connectivity index (χ4v) is 1.86. The van der Waals surface area contributed by atoms with E-state index in [0.29, 0.717) is 12.3 Å². The maximum Gasteiger partial charge on any atom is 0.258 e. The third-order valence-corrected chi connectivity index (χ3v) is 2.95. The largest absolute Gasteiger partial charge is 0.494 e.